The molecule has 0 radical (unpaired) electrons. The minimum atomic E-state index is 0.346. The molecule has 0 spiro atoms. The largest absolute Gasteiger partial charge is 0.497 e. The summed E-state index contributed by atoms with van der Waals surface area (Å²) in [5, 5.41) is 5.17. The molecule has 0 aliphatic heterocycles. The summed E-state index contributed by atoms with van der Waals surface area (Å²) in [4.78, 5) is 4.17. The lowest BCUT2D eigenvalue weighted by atomic mass is 10.1. The first-order valence-electron chi connectivity index (χ1n) is 5.53. The maximum atomic E-state index is 6.07. The van der Waals surface area contributed by atoms with Crippen LogP contribution >= 0.6 is 23.2 Å². The van der Waals surface area contributed by atoms with Crippen LogP contribution in [0.4, 0.5) is 0 Å². The molecule has 0 unspecified atom stereocenters. The Labute approximate surface area is 119 Å². The number of aromatic nitrogens is 3. The molecule has 0 N–H and O–H groups in total. The Kier molecular flexibility index (Phi) is 3.05. The predicted molar refractivity (Wildman–Crippen MR) is 75.0 cm³/mol. The Balaban J connectivity index is 2.12. The lowest BCUT2D eigenvalue weighted by Gasteiger charge is -2.00. The summed E-state index contributed by atoms with van der Waals surface area (Å²) in [7, 11) is 1.63. The van der Waals surface area contributed by atoms with E-state index in [0.717, 1.165) is 17.0 Å². The molecule has 96 valence electrons. The quantitative estimate of drug-likeness (QED) is 0.676. The smallest absolute Gasteiger partial charge is 0.159 e. The normalized spacial score (nSPS) is 10.9. The maximum Gasteiger partial charge on any atom is 0.159 e. The first-order chi connectivity index (χ1) is 9.17. The van der Waals surface area contributed by atoms with Crippen LogP contribution in [0.1, 0.15) is 0 Å². The zero-order valence-electron chi connectivity index (χ0n) is 9.97. The standard InChI is InChI=1S/C13H9Cl2N3O/c1-19-9-4-2-8(3-5-9)10-6-13-16-11(14)7-12(15)18(13)17-10/h2-7H,1H3. The van der Waals surface area contributed by atoms with Gasteiger partial charge in [0.05, 0.1) is 12.8 Å². The van der Waals surface area contributed by atoms with E-state index in [1.54, 1.807) is 17.7 Å². The van der Waals surface area contributed by atoms with Gasteiger partial charge in [-0.2, -0.15) is 5.10 Å². The molecule has 6 heteroatoms. The van der Waals surface area contributed by atoms with Crippen LogP contribution in [0.2, 0.25) is 10.3 Å². The fourth-order valence-corrected chi connectivity index (χ4v) is 2.29. The molecule has 2 aromatic heterocycles. The lowest BCUT2D eigenvalue weighted by molar-refractivity contribution is 0.415. The average molecular weight is 294 g/mol. The Morgan fingerprint density at radius 2 is 1.84 bits per heavy atom. The molecule has 4 nitrogen and oxygen atoms in total. The number of methoxy groups -OCH3 is 1. The molecule has 0 aliphatic carbocycles. The van der Waals surface area contributed by atoms with Gasteiger partial charge in [-0.1, -0.05) is 23.2 Å². The van der Waals surface area contributed by atoms with Gasteiger partial charge < -0.3 is 4.74 Å². The molecular formula is C13H9Cl2N3O. The van der Waals surface area contributed by atoms with Crippen molar-refractivity contribution in [3.8, 4) is 17.0 Å². The number of hydrogen-bond acceptors (Lipinski definition) is 3. The van der Waals surface area contributed by atoms with Crippen molar-refractivity contribution >= 4 is 28.8 Å². The number of rotatable bonds is 2. The molecule has 19 heavy (non-hydrogen) atoms. The number of benzene rings is 1. The summed E-state index contributed by atoms with van der Waals surface area (Å²) in [5.74, 6) is 0.798. The summed E-state index contributed by atoms with van der Waals surface area (Å²) >= 11 is 11.9. The highest BCUT2D eigenvalue weighted by atomic mass is 35.5. The van der Waals surface area contributed by atoms with E-state index in [4.69, 9.17) is 27.9 Å². The molecule has 0 bridgehead atoms. The molecule has 1 aromatic carbocycles. The molecule has 0 saturated carbocycles. The third kappa shape index (κ3) is 2.25. The molecule has 3 aromatic rings. The minimum Gasteiger partial charge on any atom is -0.497 e. The van der Waals surface area contributed by atoms with Crippen molar-refractivity contribution in [1.29, 1.82) is 0 Å². The first kappa shape index (κ1) is 12.3. The molecule has 2 heterocycles. The number of ether oxygens (including phenoxy) is 1. The molecule has 0 atom stereocenters. The Bertz CT molecular complexity index is 737. The summed E-state index contributed by atoms with van der Waals surface area (Å²) in [6.07, 6.45) is 0. The van der Waals surface area contributed by atoms with Crippen molar-refractivity contribution in [3.05, 3.63) is 46.7 Å². The van der Waals surface area contributed by atoms with Crippen molar-refractivity contribution in [1.82, 2.24) is 14.6 Å². The van der Waals surface area contributed by atoms with Crippen molar-refractivity contribution in [2.45, 2.75) is 0 Å². The zero-order valence-corrected chi connectivity index (χ0v) is 11.5. The highest BCUT2D eigenvalue weighted by molar-refractivity contribution is 6.33. The maximum absolute atomic E-state index is 6.07. The van der Waals surface area contributed by atoms with E-state index in [-0.39, 0.29) is 0 Å². The number of nitrogens with zero attached hydrogens (tertiary/aromatic N) is 3. The van der Waals surface area contributed by atoms with Crippen LogP contribution in [0.25, 0.3) is 16.9 Å². The zero-order chi connectivity index (χ0) is 13.4. The highest BCUT2D eigenvalue weighted by Gasteiger charge is 2.09. The highest BCUT2D eigenvalue weighted by Crippen LogP contribution is 2.24. The molecular weight excluding hydrogens is 285 g/mol. The van der Waals surface area contributed by atoms with Gasteiger partial charge in [0.25, 0.3) is 0 Å². The Hall–Kier alpha value is -1.78. The lowest BCUT2D eigenvalue weighted by Crippen LogP contribution is -1.92. The molecule has 0 fully saturated rings. The van der Waals surface area contributed by atoms with Gasteiger partial charge in [0.2, 0.25) is 0 Å². The average Bonchev–Trinajstić information content (AvgIpc) is 2.83. The van der Waals surface area contributed by atoms with Gasteiger partial charge in [-0.15, -0.1) is 0 Å². The molecule has 3 rings (SSSR count). The SMILES string of the molecule is COc1ccc(-c2cc3nc(Cl)cc(Cl)n3n2)cc1. The van der Waals surface area contributed by atoms with Crippen LogP contribution in [0.15, 0.2) is 36.4 Å². The van der Waals surface area contributed by atoms with Crippen LogP contribution in [0, 0.1) is 0 Å². The predicted octanol–water partition coefficient (Wildman–Crippen LogP) is 3.71. The number of fused-ring (bicyclic) bond motifs is 1. The van der Waals surface area contributed by atoms with Crippen LogP contribution in [0.3, 0.4) is 0 Å². The van der Waals surface area contributed by atoms with Crippen molar-refractivity contribution in [2.24, 2.45) is 0 Å². The van der Waals surface area contributed by atoms with E-state index in [0.29, 0.717) is 16.0 Å². The summed E-state index contributed by atoms with van der Waals surface area (Å²) in [6, 6.07) is 11.0. The molecule has 0 aliphatic rings. The summed E-state index contributed by atoms with van der Waals surface area (Å²) in [6.45, 7) is 0. The third-order valence-electron chi connectivity index (χ3n) is 2.74. The Morgan fingerprint density at radius 3 is 2.53 bits per heavy atom. The second-order valence-electron chi connectivity index (χ2n) is 3.93. The van der Waals surface area contributed by atoms with Crippen molar-refractivity contribution < 1.29 is 4.74 Å². The second kappa shape index (κ2) is 4.72. The van der Waals surface area contributed by atoms with E-state index in [9.17, 15) is 0 Å². The fraction of sp³-hybridized carbons (Fsp3) is 0.0769. The number of halogens is 2. The van der Waals surface area contributed by atoms with E-state index in [1.165, 1.54) is 0 Å². The summed E-state index contributed by atoms with van der Waals surface area (Å²) in [5.41, 5.74) is 2.35. The van der Waals surface area contributed by atoms with Gasteiger partial charge in [0.15, 0.2) is 5.65 Å². The summed E-state index contributed by atoms with van der Waals surface area (Å²) < 4.78 is 6.67. The second-order valence-corrected chi connectivity index (χ2v) is 4.70. The van der Waals surface area contributed by atoms with Crippen LogP contribution in [-0.2, 0) is 0 Å². The molecule has 0 amide bonds. The molecule has 0 saturated heterocycles. The van der Waals surface area contributed by atoms with Gasteiger partial charge in [-0.3, -0.25) is 0 Å². The van der Waals surface area contributed by atoms with Crippen molar-refractivity contribution in [2.75, 3.05) is 7.11 Å². The van der Waals surface area contributed by atoms with Gasteiger partial charge in [-0.25, -0.2) is 9.50 Å². The van der Waals surface area contributed by atoms with Crippen molar-refractivity contribution in [3.63, 3.8) is 0 Å². The monoisotopic (exact) mass is 293 g/mol. The topological polar surface area (TPSA) is 39.4 Å². The van der Waals surface area contributed by atoms with Gasteiger partial charge >= 0.3 is 0 Å². The number of hydrogen-bond donors (Lipinski definition) is 0. The first-order valence-corrected chi connectivity index (χ1v) is 6.29. The van der Waals surface area contributed by atoms with Gasteiger partial charge in [-0.05, 0) is 24.3 Å². The van der Waals surface area contributed by atoms with Crippen LogP contribution in [0.5, 0.6) is 5.75 Å². The minimum absolute atomic E-state index is 0.346. The third-order valence-corrected chi connectivity index (χ3v) is 3.20. The van der Waals surface area contributed by atoms with E-state index >= 15 is 0 Å². The van der Waals surface area contributed by atoms with Crippen LogP contribution in [-0.4, -0.2) is 21.7 Å². The van der Waals surface area contributed by atoms with E-state index in [1.807, 2.05) is 30.3 Å². The fourth-order valence-electron chi connectivity index (χ4n) is 1.81. The van der Waals surface area contributed by atoms with Crippen LogP contribution < -0.4 is 4.74 Å². The van der Waals surface area contributed by atoms with Gasteiger partial charge in [0, 0.05) is 17.7 Å². The van der Waals surface area contributed by atoms with E-state index in [2.05, 4.69) is 10.1 Å². The Morgan fingerprint density at radius 1 is 1.11 bits per heavy atom. The van der Waals surface area contributed by atoms with E-state index < -0.39 is 0 Å². The van der Waals surface area contributed by atoms with Gasteiger partial charge in [0.1, 0.15) is 16.1 Å².